The third kappa shape index (κ3) is 3.22. The molecule has 24 heavy (non-hydrogen) atoms. The standard InChI is InChI=1S/C18H18N2O4/c1-18(2)12-19(11-16(21)13-6-4-3-5-7-13)15-10-14(20(22)23)8-9-17(15)24-18/h3-10H,11-12H2,1-2H3. The van der Waals surface area contributed by atoms with Gasteiger partial charge in [-0.25, -0.2) is 0 Å². The van der Waals surface area contributed by atoms with Gasteiger partial charge >= 0.3 is 0 Å². The van der Waals surface area contributed by atoms with Crippen LogP contribution in [0.15, 0.2) is 48.5 Å². The maximum Gasteiger partial charge on any atom is 0.271 e. The SMILES string of the molecule is CC1(C)CN(CC(=O)c2ccccc2)c2cc([N+](=O)[O-])ccc2O1. The van der Waals surface area contributed by atoms with E-state index in [0.29, 0.717) is 23.5 Å². The third-order valence-electron chi connectivity index (χ3n) is 3.88. The molecule has 1 heterocycles. The van der Waals surface area contributed by atoms with Crippen molar-refractivity contribution in [2.45, 2.75) is 19.4 Å². The molecule has 0 radical (unpaired) electrons. The lowest BCUT2D eigenvalue weighted by molar-refractivity contribution is -0.384. The van der Waals surface area contributed by atoms with Crippen molar-refractivity contribution in [1.82, 2.24) is 0 Å². The summed E-state index contributed by atoms with van der Waals surface area (Å²) in [6.07, 6.45) is 0. The van der Waals surface area contributed by atoms with E-state index in [9.17, 15) is 14.9 Å². The van der Waals surface area contributed by atoms with Gasteiger partial charge in [-0.1, -0.05) is 30.3 Å². The molecular weight excluding hydrogens is 308 g/mol. The second-order valence-electron chi connectivity index (χ2n) is 6.42. The zero-order chi connectivity index (χ0) is 17.3. The second-order valence-corrected chi connectivity index (χ2v) is 6.42. The number of ketones is 1. The number of carbonyl (C=O) groups excluding carboxylic acids is 1. The van der Waals surface area contributed by atoms with Crippen molar-refractivity contribution in [3.05, 3.63) is 64.2 Å². The fourth-order valence-electron chi connectivity index (χ4n) is 2.86. The molecule has 0 N–H and O–H groups in total. The number of Topliss-reactive ketones (excluding diaryl/α,β-unsaturated/α-hetero) is 1. The van der Waals surface area contributed by atoms with Gasteiger partial charge in [-0.15, -0.1) is 0 Å². The van der Waals surface area contributed by atoms with Crippen LogP contribution in [0.3, 0.4) is 0 Å². The molecule has 2 aromatic rings. The topological polar surface area (TPSA) is 72.7 Å². The smallest absolute Gasteiger partial charge is 0.271 e. The first-order valence-corrected chi connectivity index (χ1v) is 7.66. The Balaban J connectivity index is 1.94. The lowest BCUT2D eigenvalue weighted by atomic mass is 10.0. The Morgan fingerprint density at radius 3 is 2.62 bits per heavy atom. The van der Waals surface area contributed by atoms with Crippen molar-refractivity contribution in [2.75, 3.05) is 18.0 Å². The van der Waals surface area contributed by atoms with Crippen LogP contribution in [0.5, 0.6) is 5.75 Å². The Morgan fingerprint density at radius 2 is 1.96 bits per heavy atom. The van der Waals surface area contributed by atoms with Crippen LogP contribution in [-0.4, -0.2) is 29.4 Å². The molecule has 1 aliphatic rings. The number of ether oxygens (including phenoxy) is 1. The molecule has 0 saturated carbocycles. The summed E-state index contributed by atoms with van der Waals surface area (Å²) in [5, 5.41) is 11.0. The van der Waals surface area contributed by atoms with E-state index in [-0.39, 0.29) is 18.0 Å². The molecule has 2 aromatic carbocycles. The van der Waals surface area contributed by atoms with Gasteiger partial charge in [0.25, 0.3) is 5.69 Å². The quantitative estimate of drug-likeness (QED) is 0.489. The molecule has 1 aliphatic heterocycles. The van der Waals surface area contributed by atoms with E-state index in [4.69, 9.17) is 4.74 Å². The van der Waals surface area contributed by atoms with Crippen LogP contribution in [0.25, 0.3) is 0 Å². The van der Waals surface area contributed by atoms with Gasteiger partial charge in [0.1, 0.15) is 11.4 Å². The molecule has 6 heteroatoms. The molecule has 124 valence electrons. The fraction of sp³-hybridized carbons (Fsp3) is 0.278. The van der Waals surface area contributed by atoms with E-state index in [1.54, 1.807) is 18.2 Å². The summed E-state index contributed by atoms with van der Waals surface area (Å²) >= 11 is 0. The van der Waals surface area contributed by atoms with Crippen LogP contribution in [-0.2, 0) is 0 Å². The molecule has 0 fully saturated rings. The van der Waals surface area contributed by atoms with E-state index >= 15 is 0 Å². The predicted octanol–water partition coefficient (Wildman–Crippen LogP) is 3.46. The van der Waals surface area contributed by atoms with Crippen LogP contribution in [0.4, 0.5) is 11.4 Å². The van der Waals surface area contributed by atoms with Gasteiger partial charge in [0.15, 0.2) is 5.78 Å². The van der Waals surface area contributed by atoms with E-state index < -0.39 is 10.5 Å². The van der Waals surface area contributed by atoms with E-state index in [1.807, 2.05) is 36.9 Å². The molecule has 0 spiro atoms. The van der Waals surface area contributed by atoms with Crippen molar-refractivity contribution in [3.8, 4) is 5.75 Å². The maximum atomic E-state index is 12.5. The van der Waals surface area contributed by atoms with Gasteiger partial charge in [-0.2, -0.15) is 0 Å². The van der Waals surface area contributed by atoms with Crippen molar-refractivity contribution in [1.29, 1.82) is 0 Å². The Hall–Kier alpha value is -2.89. The number of rotatable bonds is 4. The number of fused-ring (bicyclic) bond motifs is 1. The minimum atomic E-state index is -0.486. The number of nitro groups is 1. The van der Waals surface area contributed by atoms with Gasteiger partial charge in [0.2, 0.25) is 0 Å². The molecule has 3 rings (SSSR count). The van der Waals surface area contributed by atoms with Crippen LogP contribution in [0, 0.1) is 10.1 Å². The first-order chi connectivity index (χ1) is 11.4. The number of carbonyl (C=O) groups is 1. The fourth-order valence-corrected chi connectivity index (χ4v) is 2.86. The number of hydrogen-bond acceptors (Lipinski definition) is 5. The highest BCUT2D eigenvalue weighted by Crippen LogP contribution is 2.39. The van der Waals surface area contributed by atoms with Crippen molar-refractivity contribution in [2.24, 2.45) is 0 Å². The molecule has 0 amide bonds. The van der Waals surface area contributed by atoms with Gasteiger partial charge in [-0.3, -0.25) is 14.9 Å². The number of anilines is 1. The molecule has 0 atom stereocenters. The van der Waals surface area contributed by atoms with Crippen LogP contribution < -0.4 is 9.64 Å². The summed E-state index contributed by atoms with van der Waals surface area (Å²) in [5.41, 5.74) is 0.691. The van der Waals surface area contributed by atoms with E-state index in [2.05, 4.69) is 0 Å². The lowest BCUT2D eigenvalue weighted by Gasteiger charge is -2.40. The summed E-state index contributed by atoms with van der Waals surface area (Å²) in [4.78, 5) is 25.0. The number of nitrogens with zero attached hydrogens (tertiary/aromatic N) is 2. The summed E-state index contributed by atoms with van der Waals surface area (Å²) in [5.74, 6) is 0.517. The summed E-state index contributed by atoms with van der Waals surface area (Å²) in [7, 11) is 0. The van der Waals surface area contributed by atoms with E-state index in [0.717, 1.165) is 0 Å². The minimum absolute atomic E-state index is 0.0192. The van der Waals surface area contributed by atoms with Crippen molar-refractivity contribution < 1.29 is 14.5 Å². The highest BCUT2D eigenvalue weighted by molar-refractivity contribution is 5.99. The average Bonchev–Trinajstić information content (AvgIpc) is 2.54. The first kappa shape index (κ1) is 16.0. The third-order valence-corrected chi connectivity index (χ3v) is 3.88. The highest BCUT2D eigenvalue weighted by atomic mass is 16.6. The molecular formula is C18H18N2O4. The van der Waals surface area contributed by atoms with Gasteiger partial charge < -0.3 is 9.64 Å². The zero-order valence-electron chi connectivity index (χ0n) is 13.6. The minimum Gasteiger partial charge on any atom is -0.484 e. The molecule has 0 unspecified atom stereocenters. The Labute approximate surface area is 139 Å². The molecule has 6 nitrogen and oxygen atoms in total. The van der Waals surface area contributed by atoms with Crippen molar-refractivity contribution in [3.63, 3.8) is 0 Å². The van der Waals surface area contributed by atoms with Crippen molar-refractivity contribution >= 4 is 17.2 Å². The predicted molar refractivity (Wildman–Crippen MR) is 90.8 cm³/mol. The average molecular weight is 326 g/mol. The Morgan fingerprint density at radius 1 is 1.25 bits per heavy atom. The molecule has 0 bridgehead atoms. The number of non-ortho nitro benzene ring substituents is 1. The lowest BCUT2D eigenvalue weighted by Crippen LogP contribution is -2.48. The number of benzene rings is 2. The van der Waals surface area contributed by atoms with Crippen LogP contribution in [0.1, 0.15) is 24.2 Å². The summed E-state index contributed by atoms with van der Waals surface area (Å²) < 4.78 is 5.90. The Kier molecular flexibility index (Phi) is 3.97. The monoisotopic (exact) mass is 326 g/mol. The van der Waals surface area contributed by atoms with Gasteiger partial charge in [0.05, 0.1) is 23.7 Å². The number of nitro benzene ring substituents is 1. The first-order valence-electron chi connectivity index (χ1n) is 7.66. The molecule has 0 aliphatic carbocycles. The van der Waals surface area contributed by atoms with E-state index in [1.165, 1.54) is 12.1 Å². The summed E-state index contributed by atoms with van der Waals surface area (Å²) in [6, 6.07) is 13.5. The van der Waals surface area contributed by atoms with Crippen LogP contribution >= 0.6 is 0 Å². The Bertz CT molecular complexity index is 787. The molecule has 0 aromatic heterocycles. The molecule has 0 saturated heterocycles. The maximum absolute atomic E-state index is 12.5. The highest BCUT2D eigenvalue weighted by Gasteiger charge is 2.33. The van der Waals surface area contributed by atoms with Gasteiger partial charge in [-0.05, 0) is 19.9 Å². The summed E-state index contributed by atoms with van der Waals surface area (Å²) in [6.45, 7) is 4.47. The van der Waals surface area contributed by atoms with Gasteiger partial charge in [0, 0.05) is 17.7 Å². The van der Waals surface area contributed by atoms with Crippen LogP contribution in [0.2, 0.25) is 0 Å². The largest absolute Gasteiger partial charge is 0.484 e. The normalized spacial score (nSPS) is 15.3. The second kappa shape index (κ2) is 5.96. The number of hydrogen-bond donors (Lipinski definition) is 0. The zero-order valence-corrected chi connectivity index (χ0v) is 13.6.